The Labute approximate surface area is 114 Å². The molecule has 110 valence electrons. The zero-order chi connectivity index (χ0) is 15.1. The summed E-state index contributed by atoms with van der Waals surface area (Å²) in [6.45, 7) is 8.61. The van der Waals surface area contributed by atoms with E-state index in [1.807, 2.05) is 0 Å². The van der Waals surface area contributed by atoms with E-state index < -0.39 is 23.3 Å². The Morgan fingerprint density at radius 2 is 1.42 bits per heavy atom. The first-order valence-corrected chi connectivity index (χ1v) is 6.70. The molecule has 0 amide bonds. The molecule has 0 fully saturated rings. The van der Waals surface area contributed by atoms with Crippen LogP contribution in [-0.4, -0.2) is 30.9 Å². The molecule has 0 unspecified atom stereocenters. The smallest absolute Gasteiger partial charge is 0.323 e. The standard InChI is InChI=1S/C14H24O5/c1-6-14(12(16)18-7-2,13(17)19-8-3)10(4)9-11(5)15/h10H,6-9H2,1-5H3/t10-/m1/s1. The van der Waals surface area contributed by atoms with Gasteiger partial charge in [-0.25, -0.2) is 0 Å². The summed E-state index contributed by atoms with van der Waals surface area (Å²) in [6, 6.07) is 0. The summed E-state index contributed by atoms with van der Waals surface area (Å²) in [6.07, 6.45) is 0.393. The van der Waals surface area contributed by atoms with E-state index in [1.165, 1.54) is 6.92 Å². The Morgan fingerprint density at radius 1 is 1.00 bits per heavy atom. The maximum absolute atomic E-state index is 12.2. The molecule has 0 radical (unpaired) electrons. The summed E-state index contributed by atoms with van der Waals surface area (Å²) in [5.41, 5.74) is -1.39. The van der Waals surface area contributed by atoms with Gasteiger partial charge in [-0.05, 0) is 33.1 Å². The molecule has 0 aromatic carbocycles. The number of ketones is 1. The largest absolute Gasteiger partial charge is 0.465 e. The van der Waals surface area contributed by atoms with Crippen molar-refractivity contribution in [2.75, 3.05) is 13.2 Å². The van der Waals surface area contributed by atoms with Crippen molar-refractivity contribution in [3.8, 4) is 0 Å². The minimum Gasteiger partial charge on any atom is -0.465 e. The SMILES string of the molecule is CCOC(=O)C(CC)(C(=O)OCC)[C@H](C)CC(C)=O. The zero-order valence-corrected chi connectivity index (χ0v) is 12.4. The number of carbonyl (C=O) groups is 3. The van der Waals surface area contributed by atoms with Gasteiger partial charge in [-0.1, -0.05) is 13.8 Å². The van der Waals surface area contributed by atoms with Crippen molar-refractivity contribution in [1.29, 1.82) is 0 Å². The second kappa shape index (κ2) is 7.92. The predicted octanol–water partition coefficient (Wildman–Crippen LogP) is 2.12. The van der Waals surface area contributed by atoms with Crippen molar-refractivity contribution in [1.82, 2.24) is 0 Å². The predicted molar refractivity (Wildman–Crippen MR) is 70.5 cm³/mol. The van der Waals surface area contributed by atoms with E-state index in [1.54, 1.807) is 27.7 Å². The van der Waals surface area contributed by atoms with Crippen molar-refractivity contribution in [2.24, 2.45) is 11.3 Å². The molecule has 0 bridgehead atoms. The van der Waals surface area contributed by atoms with E-state index in [2.05, 4.69) is 0 Å². The second-order valence-electron chi connectivity index (χ2n) is 4.57. The summed E-state index contributed by atoms with van der Waals surface area (Å²) in [5, 5.41) is 0. The molecule has 0 saturated carbocycles. The lowest BCUT2D eigenvalue weighted by atomic mass is 9.72. The molecule has 0 aromatic heterocycles. The first kappa shape index (κ1) is 17.6. The molecule has 0 aliphatic rings. The second-order valence-corrected chi connectivity index (χ2v) is 4.57. The van der Waals surface area contributed by atoms with Gasteiger partial charge in [0.05, 0.1) is 13.2 Å². The van der Waals surface area contributed by atoms with Crippen molar-refractivity contribution in [2.45, 2.75) is 47.5 Å². The third-order valence-corrected chi connectivity index (χ3v) is 3.27. The van der Waals surface area contributed by atoms with Crippen LogP contribution in [0.1, 0.15) is 47.5 Å². The average Bonchev–Trinajstić information content (AvgIpc) is 2.30. The van der Waals surface area contributed by atoms with Crippen molar-refractivity contribution < 1.29 is 23.9 Å². The van der Waals surface area contributed by atoms with E-state index in [-0.39, 0.29) is 31.8 Å². The minimum absolute atomic E-state index is 0.0704. The van der Waals surface area contributed by atoms with Crippen LogP contribution < -0.4 is 0 Å². The fourth-order valence-electron chi connectivity index (χ4n) is 2.25. The van der Waals surface area contributed by atoms with Gasteiger partial charge >= 0.3 is 11.9 Å². The van der Waals surface area contributed by atoms with E-state index in [0.717, 1.165) is 0 Å². The van der Waals surface area contributed by atoms with Gasteiger partial charge in [0.15, 0.2) is 5.41 Å². The molecule has 0 aliphatic carbocycles. The van der Waals surface area contributed by atoms with E-state index >= 15 is 0 Å². The van der Waals surface area contributed by atoms with Gasteiger partial charge in [-0.2, -0.15) is 0 Å². The summed E-state index contributed by atoms with van der Waals surface area (Å²) >= 11 is 0. The molecule has 0 saturated heterocycles. The van der Waals surface area contributed by atoms with Gasteiger partial charge in [0, 0.05) is 6.42 Å². The van der Waals surface area contributed by atoms with Crippen molar-refractivity contribution in [3.63, 3.8) is 0 Å². The van der Waals surface area contributed by atoms with Crippen LogP contribution in [0.25, 0.3) is 0 Å². The van der Waals surface area contributed by atoms with Gasteiger partial charge < -0.3 is 14.3 Å². The number of ether oxygens (including phenoxy) is 2. The van der Waals surface area contributed by atoms with Crippen LogP contribution in [0.15, 0.2) is 0 Å². The molecule has 5 nitrogen and oxygen atoms in total. The third-order valence-electron chi connectivity index (χ3n) is 3.27. The van der Waals surface area contributed by atoms with Crippen molar-refractivity contribution >= 4 is 17.7 Å². The van der Waals surface area contributed by atoms with Gasteiger partial charge in [0.25, 0.3) is 0 Å². The Kier molecular flexibility index (Phi) is 7.34. The maximum Gasteiger partial charge on any atom is 0.323 e. The topological polar surface area (TPSA) is 69.7 Å². The van der Waals surface area contributed by atoms with Crippen LogP contribution in [0.4, 0.5) is 0 Å². The molecule has 1 atom stereocenters. The fraction of sp³-hybridized carbons (Fsp3) is 0.786. The van der Waals surface area contributed by atoms with Gasteiger partial charge in [0.2, 0.25) is 0 Å². The van der Waals surface area contributed by atoms with Crippen LogP contribution in [0.2, 0.25) is 0 Å². The number of hydrogen-bond acceptors (Lipinski definition) is 5. The summed E-state index contributed by atoms with van der Waals surface area (Å²) in [4.78, 5) is 35.7. The third kappa shape index (κ3) is 4.04. The highest BCUT2D eigenvalue weighted by molar-refractivity contribution is 6.00. The van der Waals surface area contributed by atoms with Crippen LogP contribution in [0.3, 0.4) is 0 Å². The highest BCUT2D eigenvalue weighted by atomic mass is 16.6. The Morgan fingerprint density at radius 3 is 1.68 bits per heavy atom. The van der Waals surface area contributed by atoms with Crippen LogP contribution in [0, 0.1) is 11.3 Å². The highest BCUT2D eigenvalue weighted by Crippen LogP contribution is 2.37. The number of hydrogen-bond donors (Lipinski definition) is 0. The molecular formula is C14H24O5. The molecule has 0 aliphatic heterocycles. The maximum atomic E-state index is 12.2. The molecule has 0 N–H and O–H groups in total. The first-order chi connectivity index (χ1) is 8.86. The Bertz CT molecular complexity index is 317. The number of carbonyl (C=O) groups excluding carboxylic acids is 3. The van der Waals surface area contributed by atoms with Gasteiger partial charge in [0.1, 0.15) is 5.78 Å². The molecule has 0 aromatic rings. The normalized spacial score (nSPS) is 12.7. The van der Waals surface area contributed by atoms with Crippen LogP contribution >= 0.6 is 0 Å². The average molecular weight is 272 g/mol. The lowest BCUT2D eigenvalue weighted by Gasteiger charge is -2.33. The lowest BCUT2D eigenvalue weighted by molar-refractivity contribution is -0.177. The van der Waals surface area contributed by atoms with Crippen LogP contribution in [0.5, 0.6) is 0 Å². The number of rotatable bonds is 8. The van der Waals surface area contributed by atoms with E-state index in [9.17, 15) is 14.4 Å². The lowest BCUT2D eigenvalue weighted by Crippen LogP contribution is -2.47. The first-order valence-electron chi connectivity index (χ1n) is 6.70. The molecule has 0 rings (SSSR count). The fourth-order valence-corrected chi connectivity index (χ4v) is 2.25. The van der Waals surface area contributed by atoms with Gasteiger partial charge in [-0.15, -0.1) is 0 Å². The summed E-state index contributed by atoms with van der Waals surface area (Å²) in [5.74, 6) is -1.73. The monoisotopic (exact) mass is 272 g/mol. The van der Waals surface area contributed by atoms with Crippen LogP contribution in [-0.2, 0) is 23.9 Å². The summed E-state index contributed by atoms with van der Waals surface area (Å²) in [7, 11) is 0. The summed E-state index contributed by atoms with van der Waals surface area (Å²) < 4.78 is 10.0. The van der Waals surface area contributed by atoms with E-state index in [0.29, 0.717) is 0 Å². The molecule has 5 heteroatoms. The molecule has 0 heterocycles. The number of Topliss-reactive ketones (excluding diaryl/α,β-unsaturated/α-hetero) is 1. The molecular weight excluding hydrogens is 248 g/mol. The zero-order valence-electron chi connectivity index (χ0n) is 12.4. The quantitative estimate of drug-likeness (QED) is 0.500. The Hall–Kier alpha value is -1.39. The van der Waals surface area contributed by atoms with E-state index in [4.69, 9.17) is 9.47 Å². The Balaban J connectivity index is 5.45. The number of esters is 2. The highest BCUT2D eigenvalue weighted by Gasteiger charge is 2.51. The molecule has 0 spiro atoms. The van der Waals surface area contributed by atoms with Gasteiger partial charge in [-0.3, -0.25) is 9.59 Å². The molecule has 19 heavy (non-hydrogen) atoms. The minimum atomic E-state index is -1.39. The van der Waals surface area contributed by atoms with Crippen molar-refractivity contribution in [3.05, 3.63) is 0 Å².